The summed E-state index contributed by atoms with van der Waals surface area (Å²) in [6.45, 7) is 0.303. The standard InChI is InChI=1S/C11H20N2O5S/c14-3-2-13(8-1-4-19(17,18)7-8)11(16)10-5-9(15)6-12-10/h8-10,12,14-15H,1-7H2. The molecule has 0 aromatic heterocycles. The molecule has 3 atom stereocenters. The summed E-state index contributed by atoms with van der Waals surface area (Å²) in [5, 5.41) is 21.4. The molecule has 1 amide bonds. The number of β-amino-alcohol motifs (C(OH)–C–C–N with tert-alkyl or cyclic N) is 1. The van der Waals surface area contributed by atoms with Crippen LogP contribution in [0.3, 0.4) is 0 Å². The Morgan fingerprint density at radius 1 is 1.42 bits per heavy atom. The maximum Gasteiger partial charge on any atom is 0.240 e. The Hall–Kier alpha value is -0.700. The molecule has 0 bridgehead atoms. The Labute approximate surface area is 112 Å². The molecule has 2 heterocycles. The minimum absolute atomic E-state index is 0.0337. The van der Waals surface area contributed by atoms with E-state index in [0.717, 1.165) is 0 Å². The molecule has 2 rings (SSSR count). The summed E-state index contributed by atoms with van der Waals surface area (Å²) in [5.41, 5.74) is 0. The Morgan fingerprint density at radius 2 is 2.16 bits per heavy atom. The molecule has 0 aromatic carbocycles. The molecule has 0 aromatic rings. The highest BCUT2D eigenvalue weighted by molar-refractivity contribution is 7.91. The first-order chi connectivity index (χ1) is 8.93. The second-order valence-electron chi connectivity index (χ2n) is 5.16. The van der Waals surface area contributed by atoms with Crippen LogP contribution in [0.1, 0.15) is 12.8 Å². The van der Waals surface area contributed by atoms with Gasteiger partial charge in [-0.1, -0.05) is 0 Å². The lowest BCUT2D eigenvalue weighted by atomic mass is 10.1. The first-order valence-electron chi connectivity index (χ1n) is 6.46. The zero-order valence-corrected chi connectivity index (χ0v) is 11.5. The van der Waals surface area contributed by atoms with Gasteiger partial charge in [-0.2, -0.15) is 0 Å². The number of rotatable bonds is 4. The molecular weight excluding hydrogens is 272 g/mol. The van der Waals surface area contributed by atoms with Gasteiger partial charge in [0, 0.05) is 19.1 Å². The third-order valence-electron chi connectivity index (χ3n) is 3.68. The van der Waals surface area contributed by atoms with E-state index in [2.05, 4.69) is 5.32 Å². The molecule has 19 heavy (non-hydrogen) atoms. The Balaban J connectivity index is 2.05. The highest BCUT2D eigenvalue weighted by atomic mass is 32.2. The molecule has 2 aliphatic rings. The second-order valence-corrected chi connectivity index (χ2v) is 7.39. The number of nitrogens with one attached hydrogen (secondary N) is 1. The highest BCUT2D eigenvalue weighted by Crippen LogP contribution is 2.20. The van der Waals surface area contributed by atoms with E-state index in [1.54, 1.807) is 0 Å². The van der Waals surface area contributed by atoms with E-state index in [9.17, 15) is 18.3 Å². The Bertz CT molecular complexity index is 438. The largest absolute Gasteiger partial charge is 0.395 e. The summed E-state index contributed by atoms with van der Waals surface area (Å²) in [5.74, 6) is -0.172. The number of sulfone groups is 1. The van der Waals surface area contributed by atoms with Crippen molar-refractivity contribution in [3.63, 3.8) is 0 Å². The van der Waals surface area contributed by atoms with Crippen molar-refractivity contribution in [2.24, 2.45) is 0 Å². The summed E-state index contributed by atoms with van der Waals surface area (Å²) in [4.78, 5) is 13.8. The van der Waals surface area contributed by atoms with Gasteiger partial charge < -0.3 is 20.4 Å². The third kappa shape index (κ3) is 3.44. The lowest BCUT2D eigenvalue weighted by molar-refractivity contribution is -0.135. The van der Waals surface area contributed by atoms with Crippen molar-refractivity contribution in [3.05, 3.63) is 0 Å². The fraction of sp³-hybridized carbons (Fsp3) is 0.909. The maximum atomic E-state index is 12.3. The number of nitrogens with zero attached hydrogens (tertiary/aromatic N) is 1. The minimum Gasteiger partial charge on any atom is -0.395 e. The van der Waals surface area contributed by atoms with E-state index in [-0.39, 0.29) is 36.6 Å². The molecule has 2 saturated heterocycles. The third-order valence-corrected chi connectivity index (χ3v) is 5.43. The Kier molecular flexibility index (Phi) is 4.44. The molecular formula is C11H20N2O5S. The van der Waals surface area contributed by atoms with Crippen molar-refractivity contribution >= 4 is 15.7 Å². The molecule has 0 spiro atoms. The van der Waals surface area contributed by atoms with Gasteiger partial charge in [0.1, 0.15) is 0 Å². The summed E-state index contributed by atoms with van der Waals surface area (Å²) in [6, 6.07) is -0.839. The molecule has 2 fully saturated rings. The number of hydrogen-bond donors (Lipinski definition) is 3. The SMILES string of the molecule is O=C(C1CC(O)CN1)N(CCO)C1CCS(=O)(=O)C1. The summed E-state index contributed by atoms with van der Waals surface area (Å²) >= 11 is 0. The van der Waals surface area contributed by atoms with Crippen LogP contribution in [0.2, 0.25) is 0 Å². The molecule has 7 nitrogen and oxygen atoms in total. The quantitative estimate of drug-likeness (QED) is 0.539. The van der Waals surface area contributed by atoms with Crippen LogP contribution in [-0.2, 0) is 14.6 Å². The summed E-state index contributed by atoms with van der Waals surface area (Å²) < 4.78 is 23.0. The van der Waals surface area contributed by atoms with Crippen LogP contribution >= 0.6 is 0 Å². The van der Waals surface area contributed by atoms with Gasteiger partial charge in [-0.05, 0) is 12.8 Å². The number of aliphatic hydroxyl groups is 2. The Morgan fingerprint density at radius 3 is 2.63 bits per heavy atom. The maximum absolute atomic E-state index is 12.3. The van der Waals surface area contributed by atoms with Gasteiger partial charge in [-0.15, -0.1) is 0 Å². The van der Waals surface area contributed by atoms with Crippen LogP contribution in [0.15, 0.2) is 0 Å². The topological polar surface area (TPSA) is 107 Å². The van der Waals surface area contributed by atoms with Gasteiger partial charge >= 0.3 is 0 Å². The van der Waals surface area contributed by atoms with E-state index >= 15 is 0 Å². The summed E-state index contributed by atoms with van der Waals surface area (Å²) in [6.07, 6.45) is 0.209. The monoisotopic (exact) mass is 292 g/mol. The van der Waals surface area contributed by atoms with Crippen molar-refractivity contribution in [2.75, 3.05) is 31.2 Å². The fourth-order valence-electron chi connectivity index (χ4n) is 2.71. The molecule has 0 saturated carbocycles. The van der Waals surface area contributed by atoms with Gasteiger partial charge in [-0.3, -0.25) is 4.79 Å². The van der Waals surface area contributed by atoms with E-state index in [0.29, 0.717) is 19.4 Å². The van der Waals surface area contributed by atoms with Crippen LogP contribution in [0.25, 0.3) is 0 Å². The first kappa shape index (κ1) is 14.7. The normalized spacial score (nSPS) is 33.5. The average molecular weight is 292 g/mol. The van der Waals surface area contributed by atoms with E-state index in [1.807, 2.05) is 0 Å². The second kappa shape index (κ2) is 5.74. The van der Waals surface area contributed by atoms with Crippen molar-refractivity contribution in [1.82, 2.24) is 10.2 Å². The van der Waals surface area contributed by atoms with Gasteiger partial charge in [0.25, 0.3) is 0 Å². The van der Waals surface area contributed by atoms with E-state index < -0.39 is 22.0 Å². The lowest BCUT2D eigenvalue weighted by Crippen LogP contribution is -2.50. The smallest absolute Gasteiger partial charge is 0.240 e. The van der Waals surface area contributed by atoms with Gasteiger partial charge in [0.05, 0.1) is 30.3 Å². The predicted molar refractivity (Wildman–Crippen MR) is 68.3 cm³/mol. The van der Waals surface area contributed by atoms with E-state index in [4.69, 9.17) is 5.11 Å². The molecule has 2 aliphatic heterocycles. The first-order valence-corrected chi connectivity index (χ1v) is 8.28. The number of carbonyl (C=O) groups excluding carboxylic acids is 1. The number of carbonyl (C=O) groups is 1. The minimum atomic E-state index is -3.07. The molecule has 3 N–H and O–H groups in total. The van der Waals surface area contributed by atoms with Gasteiger partial charge in [-0.25, -0.2) is 8.42 Å². The van der Waals surface area contributed by atoms with Gasteiger partial charge in [0.15, 0.2) is 9.84 Å². The molecule has 110 valence electrons. The molecule has 3 unspecified atom stereocenters. The fourth-order valence-corrected chi connectivity index (χ4v) is 4.44. The van der Waals surface area contributed by atoms with Gasteiger partial charge in [0.2, 0.25) is 5.91 Å². The molecule has 8 heteroatoms. The van der Waals surface area contributed by atoms with E-state index in [1.165, 1.54) is 4.90 Å². The van der Waals surface area contributed by atoms with Crippen molar-refractivity contribution in [2.45, 2.75) is 31.0 Å². The van der Waals surface area contributed by atoms with Crippen LogP contribution in [0.4, 0.5) is 0 Å². The highest BCUT2D eigenvalue weighted by Gasteiger charge is 2.38. The summed E-state index contributed by atoms with van der Waals surface area (Å²) in [7, 11) is -3.07. The number of amides is 1. The predicted octanol–water partition coefficient (Wildman–Crippen LogP) is -2.28. The van der Waals surface area contributed by atoms with Crippen LogP contribution in [0, 0.1) is 0 Å². The number of aliphatic hydroxyl groups excluding tert-OH is 2. The molecule has 0 aliphatic carbocycles. The zero-order chi connectivity index (χ0) is 14.0. The average Bonchev–Trinajstić information content (AvgIpc) is 2.91. The van der Waals surface area contributed by atoms with Crippen molar-refractivity contribution < 1.29 is 23.4 Å². The number of hydrogen-bond acceptors (Lipinski definition) is 6. The van der Waals surface area contributed by atoms with Crippen LogP contribution in [-0.4, -0.2) is 78.8 Å². The zero-order valence-electron chi connectivity index (χ0n) is 10.7. The lowest BCUT2D eigenvalue weighted by Gasteiger charge is -2.30. The van der Waals surface area contributed by atoms with Crippen molar-refractivity contribution in [1.29, 1.82) is 0 Å². The van der Waals surface area contributed by atoms with Crippen LogP contribution < -0.4 is 5.32 Å². The molecule has 0 radical (unpaired) electrons. The van der Waals surface area contributed by atoms with Crippen LogP contribution in [0.5, 0.6) is 0 Å². The van der Waals surface area contributed by atoms with Crippen molar-refractivity contribution in [3.8, 4) is 0 Å².